The number of halogens is 2. The first-order valence-electron chi connectivity index (χ1n) is 3.07. The molecular weight excluding hydrogens is 215 g/mol. The van der Waals surface area contributed by atoms with Crippen LogP contribution in [0.2, 0.25) is 5.28 Å². The highest BCUT2D eigenvalue weighted by atomic mass is 79.9. The summed E-state index contributed by atoms with van der Waals surface area (Å²) in [4.78, 5) is 7.03. The van der Waals surface area contributed by atoms with Crippen molar-refractivity contribution in [3.8, 4) is 0 Å². The highest BCUT2D eigenvalue weighted by Gasteiger charge is 2.04. The number of H-pyrrole nitrogens is 1. The van der Waals surface area contributed by atoms with Crippen LogP contribution in [0, 0.1) is 0 Å². The van der Waals surface area contributed by atoms with Gasteiger partial charge in [0, 0.05) is 11.0 Å². The van der Waals surface area contributed by atoms with Gasteiger partial charge in [-0.25, -0.2) is 4.98 Å². The van der Waals surface area contributed by atoms with Crippen LogP contribution in [0.1, 0.15) is 18.3 Å². The van der Waals surface area contributed by atoms with Crippen LogP contribution in [0.3, 0.4) is 0 Å². The van der Waals surface area contributed by atoms with E-state index in [1.165, 1.54) is 0 Å². The maximum Gasteiger partial charge on any atom is 0.200 e. The van der Waals surface area contributed by atoms with Crippen molar-refractivity contribution in [3.05, 3.63) is 16.7 Å². The molecule has 0 aliphatic heterocycles. The third-order valence-corrected chi connectivity index (χ3v) is 2.04. The van der Waals surface area contributed by atoms with Crippen molar-refractivity contribution in [2.75, 3.05) is 0 Å². The summed E-state index contributed by atoms with van der Waals surface area (Å²) < 4.78 is 0. The lowest BCUT2D eigenvalue weighted by atomic mass is 10.3. The van der Waals surface area contributed by atoms with Crippen molar-refractivity contribution in [2.45, 2.75) is 18.7 Å². The number of aryl methyl sites for hydroxylation is 1. The molecule has 0 aliphatic rings. The molecule has 0 atom stereocenters. The first-order chi connectivity index (χ1) is 4.77. The average molecular weight is 224 g/mol. The van der Waals surface area contributed by atoms with Gasteiger partial charge >= 0.3 is 0 Å². The quantitative estimate of drug-likeness (QED) is 0.767. The summed E-state index contributed by atoms with van der Waals surface area (Å²) in [7, 11) is 0. The summed E-state index contributed by atoms with van der Waals surface area (Å²) in [5, 5.41) is 1.27. The number of aromatic amines is 1. The predicted molar refractivity (Wildman–Crippen MR) is 45.6 cm³/mol. The standard InChI is InChI=1S/C6H8BrClN2/c1-2-4-5(3-7)10-6(8)9-4/h2-3H2,1H3,(H,9,10). The first-order valence-corrected chi connectivity index (χ1v) is 4.57. The Kier molecular flexibility index (Phi) is 2.74. The zero-order valence-corrected chi connectivity index (χ0v) is 7.96. The fourth-order valence-electron chi connectivity index (χ4n) is 0.814. The number of aromatic nitrogens is 2. The van der Waals surface area contributed by atoms with Gasteiger partial charge in [-0.05, 0) is 18.0 Å². The van der Waals surface area contributed by atoms with Crippen LogP contribution < -0.4 is 0 Å². The van der Waals surface area contributed by atoms with Crippen LogP contribution in [0.25, 0.3) is 0 Å². The molecule has 1 heterocycles. The summed E-state index contributed by atoms with van der Waals surface area (Å²) in [6.07, 6.45) is 0.921. The van der Waals surface area contributed by atoms with E-state index in [-0.39, 0.29) is 0 Å². The lowest BCUT2D eigenvalue weighted by Gasteiger charge is -1.90. The van der Waals surface area contributed by atoms with E-state index in [1.54, 1.807) is 0 Å². The second-order valence-electron chi connectivity index (χ2n) is 1.94. The second kappa shape index (κ2) is 3.39. The predicted octanol–water partition coefficient (Wildman–Crippen LogP) is 2.52. The Bertz CT molecular complexity index is 200. The lowest BCUT2D eigenvalue weighted by molar-refractivity contribution is 1.04. The van der Waals surface area contributed by atoms with E-state index in [4.69, 9.17) is 11.6 Å². The summed E-state index contributed by atoms with van der Waals surface area (Å²) in [5.41, 5.74) is 2.12. The van der Waals surface area contributed by atoms with E-state index >= 15 is 0 Å². The number of nitrogens with zero attached hydrogens (tertiary/aromatic N) is 1. The van der Waals surface area contributed by atoms with Crippen molar-refractivity contribution < 1.29 is 0 Å². The van der Waals surface area contributed by atoms with E-state index in [0.717, 1.165) is 23.1 Å². The zero-order valence-electron chi connectivity index (χ0n) is 5.62. The Morgan fingerprint density at radius 2 is 2.40 bits per heavy atom. The third-order valence-electron chi connectivity index (χ3n) is 1.30. The summed E-state index contributed by atoms with van der Waals surface area (Å²) in [6, 6.07) is 0. The van der Waals surface area contributed by atoms with Crippen molar-refractivity contribution in [1.29, 1.82) is 0 Å². The van der Waals surface area contributed by atoms with Crippen molar-refractivity contribution in [2.24, 2.45) is 0 Å². The van der Waals surface area contributed by atoms with Crippen LogP contribution >= 0.6 is 27.5 Å². The van der Waals surface area contributed by atoms with Gasteiger partial charge < -0.3 is 4.98 Å². The van der Waals surface area contributed by atoms with E-state index in [9.17, 15) is 0 Å². The smallest absolute Gasteiger partial charge is 0.200 e. The second-order valence-corrected chi connectivity index (χ2v) is 2.86. The summed E-state index contributed by atoms with van der Waals surface area (Å²) in [6.45, 7) is 2.05. The topological polar surface area (TPSA) is 28.7 Å². The van der Waals surface area contributed by atoms with Gasteiger partial charge in [0.05, 0.1) is 5.69 Å². The molecule has 1 N–H and O–H groups in total. The van der Waals surface area contributed by atoms with E-state index in [2.05, 4.69) is 32.8 Å². The van der Waals surface area contributed by atoms with Gasteiger partial charge in [-0.15, -0.1) is 0 Å². The maximum atomic E-state index is 5.64. The average Bonchev–Trinajstić information content (AvgIpc) is 2.30. The molecule has 0 aliphatic carbocycles. The van der Waals surface area contributed by atoms with Crippen LogP contribution in [-0.2, 0) is 11.8 Å². The molecule has 0 fully saturated rings. The van der Waals surface area contributed by atoms with Crippen LogP contribution in [-0.4, -0.2) is 9.97 Å². The van der Waals surface area contributed by atoms with E-state index < -0.39 is 0 Å². The fraction of sp³-hybridized carbons (Fsp3) is 0.500. The molecule has 10 heavy (non-hydrogen) atoms. The van der Waals surface area contributed by atoms with Crippen molar-refractivity contribution in [1.82, 2.24) is 9.97 Å². The molecule has 4 heteroatoms. The van der Waals surface area contributed by atoms with Gasteiger partial charge in [-0.2, -0.15) is 0 Å². The van der Waals surface area contributed by atoms with E-state index in [1.807, 2.05) is 0 Å². The SMILES string of the molecule is CCc1nc(Cl)[nH]c1CBr. The van der Waals surface area contributed by atoms with Gasteiger partial charge in [0.2, 0.25) is 5.28 Å². The molecule has 1 rings (SSSR count). The molecule has 0 saturated heterocycles. The lowest BCUT2D eigenvalue weighted by Crippen LogP contribution is -1.85. The third kappa shape index (κ3) is 1.52. The molecule has 56 valence electrons. The molecule has 0 aromatic carbocycles. The van der Waals surface area contributed by atoms with Crippen LogP contribution in [0.5, 0.6) is 0 Å². The summed E-state index contributed by atoms with van der Waals surface area (Å²) in [5.74, 6) is 0. The minimum Gasteiger partial charge on any atom is -0.332 e. The molecule has 0 radical (unpaired) electrons. The molecule has 0 bridgehead atoms. The van der Waals surface area contributed by atoms with Gasteiger partial charge in [0.1, 0.15) is 0 Å². The monoisotopic (exact) mass is 222 g/mol. The Morgan fingerprint density at radius 3 is 2.80 bits per heavy atom. The molecule has 1 aromatic rings. The Hall–Kier alpha value is -0.0200. The molecule has 0 unspecified atom stereocenters. The Morgan fingerprint density at radius 1 is 1.70 bits per heavy atom. The van der Waals surface area contributed by atoms with Crippen molar-refractivity contribution >= 4 is 27.5 Å². The highest BCUT2D eigenvalue weighted by molar-refractivity contribution is 9.08. The Labute approximate surface area is 73.1 Å². The van der Waals surface area contributed by atoms with Crippen molar-refractivity contribution in [3.63, 3.8) is 0 Å². The fourth-order valence-corrected chi connectivity index (χ4v) is 1.49. The van der Waals surface area contributed by atoms with Crippen LogP contribution in [0.15, 0.2) is 0 Å². The normalized spacial score (nSPS) is 10.3. The van der Waals surface area contributed by atoms with Gasteiger partial charge in [0.25, 0.3) is 0 Å². The minimum atomic E-state index is 0.478. The number of rotatable bonds is 2. The van der Waals surface area contributed by atoms with Gasteiger partial charge in [-0.3, -0.25) is 0 Å². The summed E-state index contributed by atoms with van der Waals surface area (Å²) >= 11 is 8.97. The minimum absolute atomic E-state index is 0.478. The first kappa shape index (κ1) is 8.08. The Balaban J connectivity index is 2.96. The van der Waals surface area contributed by atoms with E-state index in [0.29, 0.717) is 5.28 Å². The number of hydrogen-bond acceptors (Lipinski definition) is 1. The number of nitrogens with one attached hydrogen (secondary N) is 1. The van der Waals surface area contributed by atoms with Crippen LogP contribution in [0.4, 0.5) is 0 Å². The molecule has 2 nitrogen and oxygen atoms in total. The zero-order chi connectivity index (χ0) is 7.56. The molecular formula is C6H8BrClN2. The largest absolute Gasteiger partial charge is 0.332 e. The molecule has 0 saturated carbocycles. The highest BCUT2D eigenvalue weighted by Crippen LogP contribution is 2.13. The molecule has 0 amide bonds. The van der Waals surface area contributed by atoms with Gasteiger partial charge in [-0.1, -0.05) is 22.9 Å². The maximum absolute atomic E-state index is 5.64. The number of imidazole rings is 1. The van der Waals surface area contributed by atoms with Gasteiger partial charge in [0.15, 0.2) is 0 Å². The molecule has 0 spiro atoms. The number of hydrogen-bond donors (Lipinski definition) is 1. The molecule has 1 aromatic heterocycles. The number of alkyl halides is 1.